The molecule has 2 aromatic heterocycles. The highest BCUT2D eigenvalue weighted by atomic mass is 32.2. The molecular weight excluding hydrogens is 188 g/mol. The molecule has 0 spiro atoms. The Hall–Kier alpha value is -1.36. The summed E-state index contributed by atoms with van der Waals surface area (Å²) in [6.07, 6.45) is 0. The lowest BCUT2D eigenvalue weighted by molar-refractivity contribution is 1.51. The van der Waals surface area contributed by atoms with E-state index in [4.69, 9.17) is 10.5 Å². The van der Waals surface area contributed by atoms with Gasteiger partial charge in [-0.1, -0.05) is 0 Å². The lowest BCUT2D eigenvalue weighted by Crippen LogP contribution is -1.62. The second kappa shape index (κ2) is 2.60. The zero-order valence-corrected chi connectivity index (χ0v) is 7.50. The lowest BCUT2D eigenvalue weighted by Gasteiger charge is -1.74. The molecule has 0 saturated heterocycles. The second-order valence-corrected chi connectivity index (χ2v) is 4.38. The maximum Gasteiger partial charge on any atom is 0.110 e. The van der Waals surface area contributed by atoms with Gasteiger partial charge in [-0.25, -0.2) is 0 Å². The SMILES string of the molecule is N#Cc1cc2c(C#N)csc2s1. The zero-order chi connectivity index (χ0) is 8.55. The number of nitriles is 2. The van der Waals surface area contributed by atoms with Gasteiger partial charge in [-0.2, -0.15) is 10.5 Å². The van der Waals surface area contributed by atoms with E-state index in [1.807, 2.05) is 5.38 Å². The van der Waals surface area contributed by atoms with Crippen LogP contribution in [-0.2, 0) is 0 Å². The van der Waals surface area contributed by atoms with Gasteiger partial charge in [0.2, 0.25) is 0 Å². The summed E-state index contributed by atoms with van der Waals surface area (Å²) in [5.74, 6) is 0. The third-order valence-corrected chi connectivity index (χ3v) is 3.66. The average Bonchev–Trinajstić information content (AvgIpc) is 2.61. The van der Waals surface area contributed by atoms with Crippen LogP contribution in [0.2, 0.25) is 0 Å². The molecule has 4 heteroatoms. The molecule has 2 rings (SSSR count). The molecule has 12 heavy (non-hydrogen) atoms. The molecule has 0 N–H and O–H groups in total. The van der Waals surface area contributed by atoms with Crippen molar-refractivity contribution in [2.75, 3.05) is 0 Å². The van der Waals surface area contributed by atoms with Gasteiger partial charge in [0.1, 0.15) is 17.0 Å². The molecule has 56 valence electrons. The van der Waals surface area contributed by atoms with Gasteiger partial charge in [0, 0.05) is 10.8 Å². The minimum absolute atomic E-state index is 0.674. The molecule has 2 nitrogen and oxygen atoms in total. The molecular formula is C8H2N2S2. The van der Waals surface area contributed by atoms with Gasteiger partial charge in [-0.3, -0.25) is 0 Å². The first kappa shape index (κ1) is 7.30. The Kier molecular flexibility index (Phi) is 1.58. The summed E-state index contributed by atoms with van der Waals surface area (Å²) in [4.78, 5) is 0.674. The standard InChI is InChI=1S/C8H2N2S2/c9-2-5-4-11-8-7(5)1-6(3-10)12-8/h1,4H. The van der Waals surface area contributed by atoms with Crippen LogP contribution in [0.15, 0.2) is 11.4 Å². The predicted octanol–water partition coefficient (Wildman–Crippen LogP) is 2.71. The Bertz CT molecular complexity index is 507. The molecule has 0 amide bonds. The van der Waals surface area contributed by atoms with E-state index >= 15 is 0 Å². The first-order valence-electron chi connectivity index (χ1n) is 3.16. The van der Waals surface area contributed by atoms with E-state index in [0.717, 1.165) is 9.40 Å². The Morgan fingerprint density at radius 3 is 2.75 bits per heavy atom. The van der Waals surface area contributed by atoms with Crippen molar-refractivity contribution in [2.45, 2.75) is 0 Å². The monoisotopic (exact) mass is 190 g/mol. The molecule has 0 fully saturated rings. The molecule has 0 unspecified atom stereocenters. The van der Waals surface area contributed by atoms with E-state index in [0.29, 0.717) is 10.4 Å². The van der Waals surface area contributed by atoms with Gasteiger partial charge in [-0.15, -0.1) is 22.7 Å². The topological polar surface area (TPSA) is 47.6 Å². The van der Waals surface area contributed by atoms with Crippen molar-refractivity contribution < 1.29 is 0 Å². The van der Waals surface area contributed by atoms with E-state index in [-0.39, 0.29) is 0 Å². The Morgan fingerprint density at radius 1 is 1.25 bits per heavy atom. The number of nitrogens with zero attached hydrogens (tertiary/aromatic N) is 2. The molecule has 2 heterocycles. The summed E-state index contributed by atoms with van der Waals surface area (Å²) in [6.45, 7) is 0. The molecule has 0 atom stereocenters. The van der Waals surface area contributed by atoms with Crippen LogP contribution >= 0.6 is 22.7 Å². The van der Waals surface area contributed by atoms with Crippen LogP contribution in [0.3, 0.4) is 0 Å². The number of fused-ring (bicyclic) bond motifs is 1. The van der Waals surface area contributed by atoms with Crippen LogP contribution in [-0.4, -0.2) is 0 Å². The minimum atomic E-state index is 0.674. The second-order valence-electron chi connectivity index (χ2n) is 2.18. The normalized spacial score (nSPS) is 9.50. The van der Waals surface area contributed by atoms with E-state index < -0.39 is 0 Å². The van der Waals surface area contributed by atoms with Gasteiger partial charge in [0.05, 0.1) is 9.58 Å². The van der Waals surface area contributed by atoms with Gasteiger partial charge >= 0.3 is 0 Å². The summed E-state index contributed by atoms with van der Waals surface area (Å²) in [6, 6.07) is 5.94. The third kappa shape index (κ3) is 0.902. The van der Waals surface area contributed by atoms with Crippen LogP contribution in [0.25, 0.3) is 9.40 Å². The average molecular weight is 190 g/mol. The summed E-state index contributed by atoms with van der Waals surface area (Å²) in [5.41, 5.74) is 0.674. The minimum Gasteiger partial charge on any atom is -0.192 e. The van der Waals surface area contributed by atoms with Gasteiger partial charge in [-0.05, 0) is 6.07 Å². The smallest absolute Gasteiger partial charge is 0.110 e. The van der Waals surface area contributed by atoms with Crippen LogP contribution in [0.4, 0.5) is 0 Å². The molecule has 0 saturated carbocycles. The predicted molar refractivity (Wildman–Crippen MR) is 49.1 cm³/mol. The number of hydrogen-bond donors (Lipinski definition) is 0. The van der Waals surface area contributed by atoms with Crippen LogP contribution in [0.5, 0.6) is 0 Å². The van der Waals surface area contributed by atoms with Crippen molar-refractivity contribution in [3.8, 4) is 12.1 Å². The van der Waals surface area contributed by atoms with Gasteiger partial charge in [0.15, 0.2) is 0 Å². The zero-order valence-electron chi connectivity index (χ0n) is 5.87. The summed E-state index contributed by atoms with van der Waals surface area (Å²) < 4.78 is 1.06. The molecule has 2 aromatic rings. The van der Waals surface area contributed by atoms with Crippen molar-refractivity contribution in [1.29, 1.82) is 10.5 Å². The fraction of sp³-hybridized carbons (Fsp3) is 0. The van der Waals surface area contributed by atoms with Crippen molar-refractivity contribution in [2.24, 2.45) is 0 Å². The highest BCUT2D eigenvalue weighted by Crippen LogP contribution is 2.32. The fourth-order valence-electron chi connectivity index (χ4n) is 0.967. The van der Waals surface area contributed by atoms with E-state index in [9.17, 15) is 0 Å². The Labute approximate surface area is 76.9 Å². The van der Waals surface area contributed by atoms with Crippen molar-refractivity contribution in [1.82, 2.24) is 0 Å². The first-order valence-corrected chi connectivity index (χ1v) is 4.86. The first-order chi connectivity index (χ1) is 5.85. The summed E-state index contributed by atoms with van der Waals surface area (Å²) in [5, 5.41) is 20.0. The number of thiophene rings is 2. The Morgan fingerprint density at radius 2 is 2.08 bits per heavy atom. The maximum absolute atomic E-state index is 8.68. The van der Waals surface area contributed by atoms with Crippen molar-refractivity contribution in [3.63, 3.8) is 0 Å². The van der Waals surface area contributed by atoms with Gasteiger partial charge < -0.3 is 0 Å². The van der Waals surface area contributed by atoms with Gasteiger partial charge in [0.25, 0.3) is 0 Å². The van der Waals surface area contributed by atoms with Crippen LogP contribution < -0.4 is 0 Å². The number of hydrogen-bond acceptors (Lipinski definition) is 4. The van der Waals surface area contributed by atoms with E-state index in [2.05, 4.69) is 12.1 Å². The van der Waals surface area contributed by atoms with E-state index in [1.54, 1.807) is 6.07 Å². The highest BCUT2D eigenvalue weighted by Gasteiger charge is 2.07. The molecule has 0 aromatic carbocycles. The van der Waals surface area contributed by atoms with Crippen LogP contribution in [0.1, 0.15) is 10.4 Å². The number of rotatable bonds is 0. The quantitative estimate of drug-likeness (QED) is 0.641. The Balaban J connectivity index is 2.81. The summed E-state index contributed by atoms with van der Waals surface area (Å²) >= 11 is 2.96. The fourth-order valence-corrected chi connectivity index (χ4v) is 2.97. The molecule has 0 aliphatic heterocycles. The lowest BCUT2D eigenvalue weighted by atomic mass is 10.2. The van der Waals surface area contributed by atoms with Crippen LogP contribution in [0, 0.1) is 22.7 Å². The van der Waals surface area contributed by atoms with Crippen molar-refractivity contribution in [3.05, 3.63) is 21.9 Å². The van der Waals surface area contributed by atoms with Crippen molar-refractivity contribution >= 4 is 32.1 Å². The molecule has 0 aliphatic carbocycles. The van der Waals surface area contributed by atoms with E-state index in [1.165, 1.54) is 22.7 Å². The molecule has 0 aliphatic rings. The summed E-state index contributed by atoms with van der Waals surface area (Å²) in [7, 11) is 0. The maximum atomic E-state index is 8.68. The molecule has 0 bridgehead atoms. The third-order valence-electron chi connectivity index (χ3n) is 1.50. The highest BCUT2D eigenvalue weighted by molar-refractivity contribution is 7.37. The largest absolute Gasteiger partial charge is 0.192 e. The molecule has 0 radical (unpaired) electrons.